The van der Waals surface area contributed by atoms with Gasteiger partial charge < -0.3 is 19.4 Å². The van der Waals surface area contributed by atoms with Crippen molar-refractivity contribution in [3.05, 3.63) is 24.2 Å². The Bertz CT molecular complexity index is 566. The minimum absolute atomic E-state index is 0. The van der Waals surface area contributed by atoms with Crippen LogP contribution in [0.2, 0.25) is 0 Å². The topological polar surface area (TPSA) is 50.0 Å². The first-order valence-electron chi connectivity index (χ1n) is 10.5. The molecule has 5 nitrogen and oxygen atoms in total. The van der Waals surface area contributed by atoms with Gasteiger partial charge in [0.05, 0.1) is 6.26 Å². The van der Waals surface area contributed by atoms with E-state index in [9.17, 15) is 0 Å². The molecule has 0 aromatic carbocycles. The number of nitrogens with zero attached hydrogens (tertiary/aromatic N) is 2. The summed E-state index contributed by atoms with van der Waals surface area (Å²) in [5, 5.41) is 3.78. The van der Waals surface area contributed by atoms with E-state index in [1.165, 1.54) is 44.9 Å². The number of furan rings is 1. The maximum atomic E-state index is 5.55. The van der Waals surface area contributed by atoms with Crippen molar-refractivity contribution in [1.29, 1.82) is 0 Å². The number of hydrogen-bond acceptors (Lipinski definition) is 3. The molecule has 0 bridgehead atoms. The van der Waals surface area contributed by atoms with Crippen LogP contribution in [0.15, 0.2) is 27.8 Å². The molecular weight excluding hydrogens is 453 g/mol. The first-order valence-corrected chi connectivity index (χ1v) is 10.5. The van der Waals surface area contributed by atoms with Crippen molar-refractivity contribution in [3.8, 4) is 0 Å². The molecule has 2 saturated heterocycles. The SMILES string of the molecule is I.c1coc(CCN=C(NC2CCCC2)N2CCC(C3CCOCC3)C2)c1. The maximum absolute atomic E-state index is 5.55. The van der Waals surface area contributed by atoms with Crippen molar-refractivity contribution in [2.75, 3.05) is 32.8 Å². The summed E-state index contributed by atoms with van der Waals surface area (Å²) in [5.74, 6) is 3.80. The van der Waals surface area contributed by atoms with Crippen LogP contribution in [0.3, 0.4) is 0 Å². The van der Waals surface area contributed by atoms with Gasteiger partial charge in [-0.1, -0.05) is 12.8 Å². The van der Waals surface area contributed by atoms with Crippen molar-refractivity contribution < 1.29 is 9.15 Å². The second-order valence-corrected chi connectivity index (χ2v) is 8.10. The van der Waals surface area contributed by atoms with Crippen LogP contribution in [0.25, 0.3) is 0 Å². The molecule has 152 valence electrons. The summed E-state index contributed by atoms with van der Waals surface area (Å²) in [6.07, 6.45) is 11.7. The summed E-state index contributed by atoms with van der Waals surface area (Å²) >= 11 is 0. The molecule has 1 atom stereocenters. The lowest BCUT2D eigenvalue weighted by Gasteiger charge is -2.29. The number of aliphatic imine (C=N–C) groups is 1. The Balaban J connectivity index is 0.00000210. The molecule has 1 aliphatic carbocycles. The van der Waals surface area contributed by atoms with Crippen molar-refractivity contribution >= 4 is 29.9 Å². The summed E-state index contributed by atoms with van der Waals surface area (Å²) in [4.78, 5) is 7.48. The fraction of sp³-hybridized carbons (Fsp3) is 0.762. The number of ether oxygens (including phenoxy) is 1. The van der Waals surface area contributed by atoms with E-state index < -0.39 is 0 Å². The van der Waals surface area contributed by atoms with E-state index in [4.69, 9.17) is 14.1 Å². The average molecular weight is 487 g/mol. The van der Waals surface area contributed by atoms with Gasteiger partial charge >= 0.3 is 0 Å². The quantitative estimate of drug-likeness (QED) is 0.387. The first kappa shape index (κ1) is 21.0. The summed E-state index contributed by atoms with van der Waals surface area (Å²) in [7, 11) is 0. The minimum Gasteiger partial charge on any atom is -0.469 e. The van der Waals surface area contributed by atoms with Gasteiger partial charge in [-0.2, -0.15) is 0 Å². The fourth-order valence-corrected chi connectivity index (χ4v) is 4.77. The van der Waals surface area contributed by atoms with Crippen LogP contribution in [0.4, 0.5) is 0 Å². The highest BCUT2D eigenvalue weighted by atomic mass is 127. The Morgan fingerprint density at radius 1 is 1.11 bits per heavy atom. The van der Waals surface area contributed by atoms with Crippen molar-refractivity contribution in [2.45, 2.75) is 57.4 Å². The van der Waals surface area contributed by atoms with Gasteiger partial charge in [0.25, 0.3) is 0 Å². The van der Waals surface area contributed by atoms with Crippen LogP contribution in [-0.4, -0.2) is 49.7 Å². The second kappa shape index (κ2) is 10.7. The third-order valence-electron chi connectivity index (χ3n) is 6.35. The first-order chi connectivity index (χ1) is 12.9. The Kier molecular flexibility index (Phi) is 8.30. The smallest absolute Gasteiger partial charge is 0.194 e. The number of halogens is 1. The van der Waals surface area contributed by atoms with Gasteiger partial charge in [-0.15, -0.1) is 24.0 Å². The number of nitrogens with one attached hydrogen (secondary N) is 1. The molecule has 3 fully saturated rings. The zero-order chi connectivity index (χ0) is 17.6. The van der Waals surface area contributed by atoms with E-state index in [0.29, 0.717) is 6.04 Å². The standard InChI is InChI=1S/C21H33N3O2.HI/c1-2-5-19(4-1)23-21(22-11-7-20-6-3-13-26-20)24-12-8-18(16-24)17-9-14-25-15-10-17;/h3,6,13,17-19H,1-2,4-5,7-12,14-16H2,(H,22,23);1H. The molecule has 2 aliphatic heterocycles. The minimum atomic E-state index is 0. The molecule has 0 radical (unpaired) electrons. The van der Waals surface area contributed by atoms with Crippen LogP contribution in [0.5, 0.6) is 0 Å². The predicted molar refractivity (Wildman–Crippen MR) is 119 cm³/mol. The number of guanidine groups is 1. The average Bonchev–Trinajstić information content (AvgIpc) is 3.44. The lowest BCUT2D eigenvalue weighted by atomic mass is 9.85. The van der Waals surface area contributed by atoms with Crippen LogP contribution in [0.1, 0.15) is 50.7 Å². The number of likely N-dealkylation sites (tertiary alicyclic amines) is 1. The molecule has 1 saturated carbocycles. The number of hydrogen-bond donors (Lipinski definition) is 1. The van der Waals surface area contributed by atoms with Gasteiger partial charge in [0.15, 0.2) is 5.96 Å². The van der Waals surface area contributed by atoms with Crippen LogP contribution >= 0.6 is 24.0 Å². The monoisotopic (exact) mass is 487 g/mol. The fourth-order valence-electron chi connectivity index (χ4n) is 4.77. The zero-order valence-electron chi connectivity index (χ0n) is 16.3. The molecule has 1 unspecified atom stereocenters. The summed E-state index contributed by atoms with van der Waals surface area (Å²) in [6.45, 7) is 4.99. The molecule has 0 amide bonds. The van der Waals surface area contributed by atoms with Gasteiger partial charge in [0, 0.05) is 45.3 Å². The maximum Gasteiger partial charge on any atom is 0.194 e. The van der Waals surface area contributed by atoms with Crippen molar-refractivity contribution in [1.82, 2.24) is 10.2 Å². The lowest BCUT2D eigenvalue weighted by Crippen LogP contribution is -2.44. The Labute approximate surface area is 180 Å². The van der Waals surface area contributed by atoms with Gasteiger partial charge in [-0.3, -0.25) is 4.99 Å². The van der Waals surface area contributed by atoms with E-state index in [-0.39, 0.29) is 24.0 Å². The van der Waals surface area contributed by atoms with Gasteiger partial charge in [0.2, 0.25) is 0 Å². The van der Waals surface area contributed by atoms with E-state index in [2.05, 4.69) is 10.2 Å². The Morgan fingerprint density at radius 3 is 2.67 bits per heavy atom. The van der Waals surface area contributed by atoms with Gasteiger partial charge in [-0.25, -0.2) is 0 Å². The highest BCUT2D eigenvalue weighted by Crippen LogP contribution is 2.31. The summed E-state index contributed by atoms with van der Waals surface area (Å²) in [5.41, 5.74) is 0. The Hall–Kier alpha value is -0.760. The predicted octanol–water partition coefficient (Wildman–Crippen LogP) is 4.08. The molecule has 3 heterocycles. The number of rotatable bonds is 5. The summed E-state index contributed by atoms with van der Waals surface area (Å²) < 4.78 is 11.0. The molecule has 1 aromatic heterocycles. The molecule has 3 aliphatic rings. The van der Waals surface area contributed by atoms with E-state index in [0.717, 1.165) is 62.8 Å². The molecule has 27 heavy (non-hydrogen) atoms. The van der Waals surface area contributed by atoms with E-state index >= 15 is 0 Å². The van der Waals surface area contributed by atoms with Gasteiger partial charge in [-0.05, 0) is 56.1 Å². The molecule has 4 rings (SSSR count). The Morgan fingerprint density at radius 2 is 1.93 bits per heavy atom. The van der Waals surface area contributed by atoms with Crippen LogP contribution in [0, 0.1) is 11.8 Å². The van der Waals surface area contributed by atoms with Gasteiger partial charge in [0.1, 0.15) is 5.76 Å². The highest BCUT2D eigenvalue weighted by Gasteiger charge is 2.32. The molecule has 0 spiro atoms. The second-order valence-electron chi connectivity index (χ2n) is 8.10. The molecule has 1 aromatic rings. The highest BCUT2D eigenvalue weighted by molar-refractivity contribution is 14.0. The van der Waals surface area contributed by atoms with Crippen LogP contribution < -0.4 is 5.32 Å². The normalized spacial score (nSPS) is 25.0. The third-order valence-corrected chi connectivity index (χ3v) is 6.35. The van der Waals surface area contributed by atoms with E-state index in [1.807, 2.05) is 12.1 Å². The van der Waals surface area contributed by atoms with Crippen molar-refractivity contribution in [2.24, 2.45) is 16.8 Å². The summed E-state index contributed by atoms with van der Waals surface area (Å²) in [6, 6.07) is 4.60. The molecule has 1 N–H and O–H groups in total. The molecule has 6 heteroatoms. The lowest BCUT2D eigenvalue weighted by molar-refractivity contribution is 0.0488. The zero-order valence-corrected chi connectivity index (χ0v) is 18.6. The van der Waals surface area contributed by atoms with Crippen molar-refractivity contribution in [3.63, 3.8) is 0 Å². The van der Waals surface area contributed by atoms with E-state index in [1.54, 1.807) is 6.26 Å². The third kappa shape index (κ3) is 5.86. The largest absolute Gasteiger partial charge is 0.469 e. The van der Waals surface area contributed by atoms with Crippen LogP contribution in [-0.2, 0) is 11.2 Å². The molecular formula is C21H34IN3O2.